The fraction of sp³-hybridized carbons (Fsp3) is 0.647. The Morgan fingerprint density at radius 2 is 2.22 bits per heavy atom. The van der Waals surface area contributed by atoms with E-state index in [0.29, 0.717) is 29.7 Å². The van der Waals surface area contributed by atoms with Crippen LogP contribution >= 0.6 is 11.3 Å². The lowest BCUT2D eigenvalue weighted by atomic mass is 9.88. The number of fused-ring (bicyclic) bond motifs is 1. The van der Waals surface area contributed by atoms with Gasteiger partial charge in [0, 0.05) is 11.5 Å². The van der Waals surface area contributed by atoms with Crippen LogP contribution in [-0.2, 0) is 27.1 Å². The van der Waals surface area contributed by atoms with E-state index < -0.39 is 6.10 Å². The number of rotatable bonds is 4. The van der Waals surface area contributed by atoms with Crippen molar-refractivity contribution in [2.24, 2.45) is 5.92 Å². The molecule has 0 saturated carbocycles. The van der Waals surface area contributed by atoms with Gasteiger partial charge in [0.05, 0.1) is 12.2 Å². The molecule has 1 fully saturated rings. The topological polar surface area (TPSA) is 64.6 Å². The molecule has 0 bridgehead atoms. The van der Waals surface area contributed by atoms with Crippen LogP contribution in [0.2, 0.25) is 0 Å². The molecule has 126 valence electrons. The number of carbonyl (C=O) groups is 2. The summed E-state index contributed by atoms with van der Waals surface area (Å²) in [5.41, 5.74) is 1.62. The van der Waals surface area contributed by atoms with Gasteiger partial charge in [-0.1, -0.05) is 6.92 Å². The SMILES string of the molecule is CCOC(=O)c1c(NC(=O)C2CCCO2)sc2c1CCC(C)C2. The van der Waals surface area contributed by atoms with E-state index >= 15 is 0 Å². The van der Waals surface area contributed by atoms with Crippen molar-refractivity contribution in [2.75, 3.05) is 18.5 Å². The van der Waals surface area contributed by atoms with Crippen LogP contribution in [0.5, 0.6) is 0 Å². The Hall–Kier alpha value is -1.40. The van der Waals surface area contributed by atoms with Gasteiger partial charge in [0.25, 0.3) is 5.91 Å². The fourth-order valence-electron chi connectivity index (χ4n) is 3.23. The summed E-state index contributed by atoms with van der Waals surface area (Å²) in [6.45, 7) is 4.97. The van der Waals surface area contributed by atoms with Gasteiger partial charge in [0.2, 0.25) is 0 Å². The van der Waals surface area contributed by atoms with Crippen molar-refractivity contribution >= 4 is 28.2 Å². The maximum absolute atomic E-state index is 12.4. The zero-order chi connectivity index (χ0) is 16.4. The first kappa shape index (κ1) is 16.5. The molecule has 0 spiro atoms. The van der Waals surface area contributed by atoms with Crippen LogP contribution in [0, 0.1) is 5.92 Å². The third kappa shape index (κ3) is 3.43. The van der Waals surface area contributed by atoms with Crippen LogP contribution < -0.4 is 5.32 Å². The molecule has 5 nitrogen and oxygen atoms in total. The Morgan fingerprint density at radius 1 is 1.39 bits per heavy atom. The largest absolute Gasteiger partial charge is 0.462 e. The van der Waals surface area contributed by atoms with Crippen molar-refractivity contribution in [3.63, 3.8) is 0 Å². The number of amides is 1. The Labute approximate surface area is 140 Å². The van der Waals surface area contributed by atoms with Crippen LogP contribution in [-0.4, -0.2) is 31.2 Å². The Kier molecular flexibility index (Phi) is 5.02. The Morgan fingerprint density at radius 3 is 2.91 bits per heavy atom. The van der Waals surface area contributed by atoms with E-state index in [1.165, 1.54) is 16.2 Å². The van der Waals surface area contributed by atoms with Gasteiger partial charge < -0.3 is 14.8 Å². The predicted octanol–water partition coefficient (Wildman–Crippen LogP) is 3.17. The second-order valence-corrected chi connectivity index (χ2v) is 7.37. The molecule has 0 aromatic carbocycles. The molecule has 0 radical (unpaired) electrons. The van der Waals surface area contributed by atoms with Gasteiger partial charge in [-0.25, -0.2) is 4.79 Å². The van der Waals surface area contributed by atoms with Crippen LogP contribution in [0.4, 0.5) is 5.00 Å². The molecule has 1 N–H and O–H groups in total. The highest BCUT2D eigenvalue weighted by atomic mass is 32.1. The molecule has 6 heteroatoms. The lowest BCUT2D eigenvalue weighted by Gasteiger charge is -2.18. The third-order valence-electron chi connectivity index (χ3n) is 4.45. The number of ether oxygens (including phenoxy) is 2. The molecule has 2 aliphatic rings. The highest BCUT2D eigenvalue weighted by Crippen LogP contribution is 2.40. The minimum Gasteiger partial charge on any atom is -0.462 e. The minimum absolute atomic E-state index is 0.153. The number of hydrogen-bond acceptors (Lipinski definition) is 5. The van der Waals surface area contributed by atoms with Crippen LogP contribution in [0.3, 0.4) is 0 Å². The van der Waals surface area contributed by atoms with E-state index in [2.05, 4.69) is 12.2 Å². The first-order chi connectivity index (χ1) is 11.1. The molecule has 1 aromatic rings. The summed E-state index contributed by atoms with van der Waals surface area (Å²) < 4.78 is 10.6. The number of hydrogen-bond donors (Lipinski definition) is 1. The number of carbonyl (C=O) groups excluding carboxylic acids is 2. The summed E-state index contributed by atoms with van der Waals surface area (Å²) in [5, 5.41) is 3.55. The van der Waals surface area contributed by atoms with E-state index in [-0.39, 0.29) is 11.9 Å². The van der Waals surface area contributed by atoms with Gasteiger partial charge in [0.15, 0.2) is 0 Å². The van der Waals surface area contributed by atoms with Crippen LogP contribution in [0.15, 0.2) is 0 Å². The van der Waals surface area contributed by atoms with Gasteiger partial charge in [0.1, 0.15) is 11.1 Å². The maximum atomic E-state index is 12.4. The normalized spacial score (nSPS) is 23.4. The summed E-state index contributed by atoms with van der Waals surface area (Å²) in [6, 6.07) is 0. The molecule has 1 saturated heterocycles. The van der Waals surface area contributed by atoms with E-state index in [1.807, 2.05) is 0 Å². The Bertz CT molecular complexity index is 604. The van der Waals surface area contributed by atoms with Crippen molar-refractivity contribution in [3.05, 3.63) is 16.0 Å². The third-order valence-corrected chi connectivity index (χ3v) is 5.62. The van der Waals surface area contributed by atoms with E-state index in [4.69, 9.17) is 9.47 Å². The van der Waals surface area contributed by atoms with Gasteiger partial charge >= 0.3 is 5.97 Å². The molecular formula is C17H23NO4S. The number of esters is 1. The highest BCUT2D eigenvalue weighted by molar-refractivity contribution is 7.17. The first-order valence-corrected chi connectivity index (χ1v) is 9.16. The van der Waals surface area contributed by atoms with Crippen molar-refractivity contribution < 1.29 is 19.1 Å². The fourth-order valence-corrected chi connectivity index (χ4v) is 4.64. The summed E-state index contributed by atoms with van der Waals surface area (Å²) in [5.74, 6) is 0.125. The van der Waals surface area contributed by atoms with E-state index in [0.717, 1.165) is 37.7 Å². The summed E-state index contributed by atoms with van der Waals surface area (Å²) in [6.07, 6.45) is 4.14. The highest BCUT2D eigenvalue weighted by Gasteiger charge is 2.31. The van der Waals surface area contributed by atoms with Gasteiger partial charge in [-0.2, -0.15) is 0 Å². The average Bonchev–Trinajstić information content (AvgIpc) is 3.14. The van der Waals surface area contributed by atoms with Gasteiger partial charge in [-0.15, -0.1) is 11.3 Å². The van der Waals surface area contributed by atoms with Gasteiger partial charge in [-0.05, 0) is 50.5 Å². The second-order valence-electron chi connectivity index (χ2n) is 6.27. The molecule has 23 heavy (non-hydrogen) atoms. The molecular weight excluding hydrogens is 314 g/mol. The molecule has 3 rings (SSSR count). The second kappa shape index (κ2) is 7.01. The average molecular weight is 337 g/mol. The molecule has 2 unspecified atom stereocenters. The lowest BCUT2D eigenvalue weighted by Crippen LogP contribution is -2.27. The van der Waals surface area contributed by atoms with Gasteiger partial charge in [-0.3, -0.25) is 4.79 Å². The number of thiophene rings is 1. The molecule has 1 aliphatic heterocycles. The molecule has 2 heterocycles. The minimum atomic E-state index is -0.400. The molecule has 1 aliphatic carbocycles. The monoisotopic (exact) mass is 337 g/mol. The standard InChI is InChI=1S/C17H23NO4S/c1-3-21-17(20)14-11-7-6-10(2)9-13(11)23-16(14)18-15(19)12-5-4-8-22-12/h10,12H,3-9H2,1-2H3,(H,18,19). The predicted molar refractivity (Wildman–Crippen MR) is 89.1 cm³/mol. The van der Waals surface area contributed by atoms with Crippen LogP contribution in [0.25, 0.3) is 0 Å². The van der Waals surface area contributed by atoms with Crippen molar-refractivity contribution in [3.8, 4) is 0 Å². The van der Waals surface area contributed by atoms with E-state index in [1.54, 1.807) is 6.92 Å². The van der Waals surface area contributed by atoms with Crippen LogP contribution in [0.1, 0.15) is 53.9 Å². The molecule has 1 aromatic heterocycles. The van der Waals surface area contributed by atoms with Crippen molar-refractivity contribution in [1.29, 1.82) is 0 Å². The van der Waals surface area contributed by atoms with Crippen molar-refractivity contribution in [1.82, 2.24) is 0 Å². The number of nitrogens with one attached hydrogen (secondary N) is 1. The zero-order valence-electron chi connectivity index (χ0n) is 13.6. The zero-order valence-corrected chi connectivity index (χ0v) is 14.5. The lowest BCUT2D eigenvalue weighted by molar-refractivity contribution is -0.124. The summed E-state index contributed by atoms with van der Waals surface area (Å²) in [4.78, 5) is 25.9. The summed E-state index contributed by atoms with van der Waals surface area (Å²) >= 11 is 1.52. The molecule has 2 atom stereocenters. The number of anilines is 1. The first-order valence-electron chi connectivity index (χ1n) is 8.34. The van der Waals surface area contributed by atoms with Crippen molar-refractivity contribution in [2.45, 2.75) is 52.1 Å². The Balaban J connectivity index is 1.88. The quantitative estimate of drug-likeness (QED) is 0.857. The maximum Gasteiger partial charge on any atom is 0.341 e. The smallest absolute Gasteiger partial charge is 0.341 e. The summed E-state index contributed by atoms with van der Waals surface area (Å²) in [7, 11) is 0. The van der Waals surface area contributed by atoms with E-state index in [9.17, 15) is 9.59 Å². The molecule has 1 amide bonds.